The number of piperazine rings is 1. The number of β-amino-alcohol motifs (C(OH)–C–C–N with tert-alkyl or cyclic N) is 1. The summed E-state index contributed by atoms with van der Waals surface area (Å²) >= 11 is 0. The molecule has 0 amide bonds. The fourth-order valence-corrected chi connectivity index (χ4v) is 3.04. The van der Waals surface area contributed by atoms with Crippen molar-refractivity contribution >= 4 is 0 Å². The molecule has 6 heteroatoms. The summed E-state index contributed by atoms with van der Waals surface area (Å²) in [5.74, 6) is 0. The molecule has 2 aliphatic heterocycles. The third-order valence-electron chi connectivity index (χ3n) is 4.37. The Labute approximate surface area is 120 Å². The van der Waals surface area contributed by atoms with E-state index in [9.17, 15) is 5.11 Å². The number of aromatic nitrogens is 2. The highest BCUT2D eigenvalue weighted by molar-refractivity contribution is 4.90. The minimum absolute atomic E-state index is 0.239. The van der Waals surface area contributed by atoms with Gasteiger partial charge in [-0.25, -0.2) is 0 Å². The molecule has 6 nitrogen and oxygen atoms in total. The highest BCUT2D eigenvalue weighted by Gasteiger charge is 2.30. The molecule has 0 unspecified atom stereocenters. The van der Waals surface area contributed by atoms with E-state index in [1.165, 1.54) is 0 Å². The Morgan fingerprint density at radius 2 is 1.85 bits per heavy atom. The SMILES string of the molecule is CN1CCN(C[C@H](O)CN2CC(n3cccn3)C2)CC1. The molecule has 1 aromatic heterocycles. The third kappa shape index (κ3) is 3.38. The smallest absolute Gasteiger partial charge is 0.0793 e. The summed E-state index contributed by atoms with van der Waals surface area (Å²) in [4.78, 5) is 7.02. The van der Waals surface area contributed by atoms with Crippen LogP contribution < -0.4 is 0 Å². The molecule has 2 fully saturated rings. The van der Waals surface area contributed by atoms with Crippen LogP contribution in [0.1, 0.15) is 6.04 Å². The third-order valence-corrected chi connectivity index (χ3v) is 4.37. The molecule has 0 aromatic carbocycles. The number of likely N-dealkylation sites (N-methyl/N-ethyl adjacent to an activating group) is 1. The normalized spacial score (nSPS) is 24.7. The summed E-state index contributed by atoms with van der Waals surface area (Å²) in [6.07, 6.45) is 3.60. The van der Waals surface area contributed by atoms with Crippen molar-refractivity contribution in [2.24, 2.45) is 0 Å². The van der Waals surface area contributed by atoms with Gasteiger partial charge in [0, 0.05) is 64.8 Å². The summed E-state index contributed by atoms with van der Waals surface area (Å²) in [6, 6.07) is 2.45. The molecule has 20 heavy (non-hydrogen) atoms. The second-order valence-corrected chi connectivity index (χ2v) is 6.12. The lowest BCUT2D eigenvalue weighted by Gasteiger charge is -2.41. The van der Waals surface area contributed by atoms with E-state index in [4.69, 9.17) is 0 Å². The zero-order chi connectivity index (χ0) is 13.9. The monoisotopic (exact) mass is 279 g/mol. The molecule has 112 valence electrons. The Morgan fingerprint density at radius 1 is 1.15 bits per heavy atom. The van der Waals surface area contributed by atoms with E-state index in [0.717, 1.165) is 52.4 Å². The first kappa shape index (κ1) is 14.0. The Hall–Kier alpha value is -0.950. The van der Waals surface area contributed by atoms with Crippen LogP contribution in [0.3, 0.4) is 0 Å². The van der Waals surface area contributed by atoms with Crippen LogP contribution in [-0.4, -0.2) is 95.1 Å². The van der Waals surface area contributed by atoms with Crippen LogP contribution in [0.15, 0.2) is 18.5 Å². The summed E-state index contributed by atoms with van der Waals surface area (Å²) in [5, 5.41) is 14.5. The minimum atomic E-state index is -0.239. The Morgan fingerprint density at radius 3 is 2.50 bits per heavy atom. The van der Waals surface area contributed by atoms with Crippen LogP contribution in [-0.2, 0) is 0 Å². The van der Waals surface area contributed by atoms with Crippen molar-refractivity contribution in [3.63, 3.8) is 0 Å². The predicted molar refractivity (Wildman–Crippen MR) is 77.6 cm³/mol. The van der Waals surface area contributed by atoms with E-state index >= 15 is 0 Å². The molecule has 1 aromatic rings. The van der Waals surface area contributed by atoms with Crippen LogP contribution >= 0.6 is 0 Å². The zero-order valence-electron chi connectivity index (χ0n) is 12.2. The van der Waals surface area contributed by atoms with Crippen LogP contribution in [0.25, 0.3) is 0 Å². The Bertz CT molecular complexity index is 396. The van der Waals surface area contributed by atoms with Gasteiger partial charge >= 0.3 is 0 Å². The Balaban J connectivity index is 1.35. The van der Waals surface area contributed by atoms with Crippen molar-refractivity contribution in [2.75, 3.05) is 59.4 Å². The quantitative estimate of drug-likeness (QED) is 0.776. The second kappa shape index (κ2) is 6.22. The van der Waals surface area contributed by atoms with E-state index in [-0.39, 0.29) is 6.10 Å². The summed E-state index contributed by atoms with van der Waals surface area (Å²) in [7, 11) is 2.16. The van der Waals surface area contributed by atoms with E-state index in [1.807, 2.05) is 23.1 Å². The van der Waals surface area contributed by atoms with Crippen LogP contribution in [0.5, 0.6) is 0 Å². The van der Waals surface area contributed by atoms with E-state index in [2.05, 4.69) is 26.8 Å². The predicted octanol–water partition coefficient (Wildman–Crippen LogP) is -0.652. The lowest BCUT2D eigenvalue weighted by atomic mass is 10.1. The van der Waals surface area contributed by atoms with Gasteiger partial charge in [0.2, 0.25) is 0 Å². The maximum Gasteiger partial charge on any atom is 0.0793 e. The first-order valence-electron chi connectivity index (χ1n) is 7.51. The molecule has 3 heterocycles. The molecule has 2 aliphatic rings. The van der Waals surface area contributed by atoms with Crippen molar-refractivity contribution < 1.29 is 5.11 Å². The summed E-state index contributed by atoms with van der Waals surface area (Å²) in [5.41, 5.74) is 0. The van der Waals surface area contributed by atoms with Gasteiger partial charge in [-0.2, -0.15) is 5.10 Å². The average Bonchev–Trinajstić information content (AvgIpc) is 2.89. The van der Waals surface area contributed by atoms with E-state index in [1.54, 1.807) is 0 Å². The van der Waals surface area contributed by atoms with E-state index in [0.29, 0.717) is 6.04 Å². The van der Waals surface area contributed by atoms with Crippen molar-refractivity contribution in [3.8, 4) is 0 Å². The first-order valence-corrected chi connectivity index (χ1v) is 7.51. The lowest BCUT2D eigenvalue weighted by Crippen LogP contribution is -2.53. The maximum absolute atomic E-state index is 10.2. The summed E-state index contributed by atoms with van der Waals surface area (Å²) in [6.45, 7) is 7.95. The molecule has 0 saturated carbocycles. The molecule has 1 N–H and O–H groups in total. The van der Waals surface area contributed by atoms with Crippen LogP contribution in [0, 0.1) is 0 Å². The van der Waals surface area contributed by atoms with Gasteiger partial charge in [0.1, 0.15) is 0 Å². The van der Waals surface area contributed by atoms with Gasteiger partial charge in [0.15, 0.2) is 0 Å². The number of aliphatic hydroxyl groups is 1. The largest absolute Gasteiger partial charge is 0.390 e. The first-order chi connectivity index (χ1) is 9.70. The zero-order valence-corrected chi connectivity index (χ0v) is 12.2. The van der Waals surface area contributed by atoms with Crippen LogP contribution in [0.4, 0.5) is 0 Å². The molecule has 0 radical (unpaired) electrons. The molecule has 3 rings (SSSR count). The number of hydrogen-bond donors (Lipinski definition) is 1. The van der Waals surface area contributed by atoms with Gasteiger partial charge in [-0.1, -0.05) is 0 Å². The fourth-order valence-electron chi connectivity index (χ4n) is 3.04. The topological polar surface area (TPSA) is 47.8 Å². The maximum atomic E-state index is 10.2. The number of hydrogen-bond acceptors (Lipinski definition) is 5. The van der Waals surface area contributed by atoms with Crippen molar-refractivity contribution in [1.82, 2.24) is 24.5 Å². The van der Waals surface area contributed by atoms with Gasteiger partial charge in [-0.3, -0.25) is 14.5 Å². The van der Waals surface area contributed by atoms with Crippen molar-refractivity contribution in [2.45, 2.75) is 12.1 Å². The highest BCUT2D eigenvalue weighted by Crippen LogP contribution is 2.20. The molecule has 0 spiro atoms. The number of nitrogens with zero attached hydrogens (tertiary/aromatic N) is 5. The van der Waals surface area contributed by atoms with Gasteiger partial charge in [0.05, 0.1) is 12.1 Å². The molecular weight excluding hydrogens is 254 g/mol. The minimum Gasteiger partial charge on any atom is -0.390 e. The second-order valence-electron chi connectivity index (χ2n) is 6.12. The van der Waals surface area contributed by atoms with Gasteiger partial charge in [0.25, 0.3) is 0 Å². The molecule has 1 atom stereocenters. The Kier molecular flexibility index (Phi) is 4.35. The number of likely N-dealkylation sites (tertiary alicyclic amines) is 1. The molecular formula is C14H25N5O. The number of rotatable bonds is 5. The van der Waals surface area contributed by atoms with Crippen molar-refractivity contribution in [3.05, 3.63) is 18.5 Å². The molecule has 2 saturated heterocycles. The standard InChI is InChI=1S/C14H25N5O/c1-16-5-7-17(8-6-16)11-14(20)12-18-9-13(10-18)19-4-2-3-15-19/h2-4,13-14,20H,5-12H2,1H3/t14-/m0/s1. The van der Waals surface area contributed by atoms with Gasteiger partial charge < -0.3 is 10.0 Å². The lowest BCUT2D eigenvalue weighted by molar-refractivity contribution is 0.0171. The fraction of sp³-hybridized carbons (Fsp3) is 0.786. The molecule has 0 bridgehead atoms. The van der Waals surface area contributed by atoms with Crippen LogP contribution in [0.2, 0.25) is 0 Å². The highest BCUT2D eigenvalue weighted by atomic mass is 16.3. The van der Waals surface area contributed by atoms with Crippen molar-refractivity contribution in [1.29, 1.82) is 0 Å². The number of aliphatic hydroxyl groups excluding tert-OH is 1. The van der Waals surface area contributed by atoms with E-state index < -0.39 is 0 Å². The van der Waals surface area contributed by atoms with Gasteiger partial charge in [-0.15, -0.1) is 0 Å². The van der Waals surface area contributed by atoms with Gasteiger partial charge in [-0.05, 0) is 13.1 Å². The average molecular weight is 279 g/mol. The molecule has 0 aliphatic carbocycles. The summed E-state index contributed by atoms with van der Waals surface area (Å²) < 4.78 is 2.02.